The van der Waals surface area contributed by atoms with Crippen LogP contribution in [0.15, 0.2) is 94.3 Å². The summed E-state index contributed by atoms with van der Waals surface area (Å²) in [5.74, 6) is -6.71. The molecule has 0 fully saturated rings. The van der Waals surface area contributed by atoms with E-state index >= 15 is 0 Å². The number of rotatable bonds is 8. The quantitative estimate of drug-likeness (QED) is 0.154. The predicted molar refractivity (Wildman–Crippen MR) is 168 cm³/mol. The molecule has 0 aliphatic carbocycles. The predicted octanol–water partition coefficient (Wildman–Crippen LogP) is 6.11. The van der Waals surface area contributed by atoms with Crippen LogP contribution in [0.1, 0.15) is 38.5 Å². The average molecular weight is 690 g/mol. The maximum Gasteiger partial charge on any atom is 0.264 e. The van der Waals surface area contributed by atoms with E-state index in [0.717, 1.165) is 29.8 Å². The van der Waals surface area contributed by atoms with Gasteiger partial charge in [-0.15, -0.1) is 0 Å². The summed E-state index contributed by atoms with van der Waals surface area (Å²) >= 11 is 0. The lowest BCUT2D eigenvalue weighted by Crippen LogP contribution is -2.31. The van der Waals surface area contributed by atoms with Crippen LogP contribution in [-0.4, -0.2) is 36.2 Å². The van der Waals surface area contributed by atoms with Crippen LogP contribution in [0.5, 0.6) is 0 Å². The zero-order valence-corrected chi connectivity index (χ0v) is 26.4. The van der Waals surface area contributed by atoms with Crippen LogP contribution in [-0.2, 0) is 26.2 Å². The Morgan fingerprint density at radius 2 is 1.31 bits per heavy atom. The zero-order valence-electron chi connectivity index (χ0n) is 25.6. The summed E-state index contributed by atoms with van der Waals surface area (Å²) in [6.45, 7) is 3.05. The van der Waals surface area contributed by atoms with Crippen molar-refractivity contribution < 1.29 is 44.9 Å². The number of aryl methyl sites for hydroxylation is 2. The van der Waals surface area contributed by atoms with E-state index in [1.807, 2.05) is 4.72 Å². The van der Waals surface area contributed by atoms with Gasteiger partial charge in [-0.25, -0.2) is 30.7 Å². The van der Waals surface area contributed by atoms with Crippen LogP contribution in [0.4, 0.5) is 17.6 Å². The molecular formula is C35H23F4N3O6S. The average Bonchev–Trinajstić information content (AvgIpc) is 3.51. The van der Waals surface area contributed by atoms with E-state index in [0.29, 0.717) is 34.1 Å². The first-order chi connectivity index (χ1) is 23.2. The van der Waals surface area contributed by atoms with Gasteiger partial charge in [-0.05, 0) is 73.5 Å². The van der Waals surface area contributed by atoms with Crippen molar-refractivity contribution in [3.63, 3.8) is 0 Å². The molecular weight excluding hydrogens is 666 g/mol. The lowest BCUT2D eigenvalue weighted by Gasteiger charge is -2.16. The molecule has 248 valence electrons. The lowest BCUT2D eigenvalue weighted by atomic mass is 9.95. The van der Waals surface area contributed by atoms with E-state index in [-0.39, 0.29) is 16.0 Å². The van der Waals surface area contributed by atoms with Gasteiger partial charge >= 0.3 is 0 Å². The number of sulfonamides is 1. The third-order valence-corrected chi connectivity index (χ3v) is 9.19. The smallest absolute Gasteiger partial charge is 0.264 e. The molecule has 0 saturated heterocycles. The minimum Gasteiger partial charge on any atom is -0.361 e. The van der Waals surface area contributed by atoms with E-state index in [1.54, 1.807) is 26.0 Å². The Hall–Kier alpha value is -5.89. The molecule has 1 N–H and O–H groups in total. The summed E-state index contributed by atoms with van der Waals surface area (Å²) in [4.78, 5) is 40.5. The Balaban J connectivity index is 1.21. The Morgan fingerprint density at radius 1 is 0.776 bits per heavy atom. The minimum atomic E-state index is -4.28. The molecule has 1 aromatic heterocycles. The molecule has 0 bridgehead atoms. The van der Waals surface area contributed by atoms with Gasteiger partial charge in [0.1, 0.15) is 29.0 Å². The highest BCUT2D eigenvalue weighted by atomic mass is 32.2. The molecule has 0 radical (unpaired) electrons. The molecule has 0 atom stereocenters. The number of carbonyl (C=O) groups is 3. The van der Waals surface area contributed by atoms with E-state index in [2.05, 4.69) is 5.16 Å². The van der Waals surface area contributed by atoms with Gasteiger partial charge in [0.25, 0.3) is 27.7 Å². The number of hydrogen-bond acceptors (Lipinski definition) is 7. The standard InChI is InChI=1S/C35H23F4N3O6S/c1-18-30(19(2)48-40-18)21-7-11-25(12-8-21)49(46,47)41-33(43)22-5-3-20(4-6-22)17-42-34(44)31(26-13-9-23(36)15-28(26)38)32(35(42)45)27-14-10-24(37)16-29(27)39/h3-16H,17H2,1-2H3,(H,41,43). The van der Waals surface area contributed by atoms with Crippen molar-refractivity contribution in [2.24, 2.45) is 0 Å². The molecule has 14 heteroatoms. The molecule has 4 aromatic carbocycles. The van der Waals surface area contributed by atoms with Crippen LogP contribution < -0.4 is 4.72 Å². The number of nitrogens with one attached hydrogen (secondary N) is 1. The van der Waals surface area contributed by atoms with Crippen molar-refractivity contribution in [3.8, 4) is 11.1 Å². The topological polar surface area (TPSA) is 127 Å². The number of imide groups is 1. The highest BCUT2D eigenvalue weighted by Crippen LogP contribution is 2.38. The van der Waals surface area contributed by atoms with Gasteiger partial charge in [0.05, 0.1) is 28.3 Å². The van der Waals surface area contributed by atoms with Crippen LogP contribution in [0.2, 0.25) is 0 Å². The van der Waals surface area contributed by atoms with Gasteiger partial charge in [0.15, 0.2) is 0 Å². The van der Waals surface area contributed by atoms with Crippen molar-refractivity contribution >= 4 is 38.9 Å². The van der Waals surface area contributed by atoms with Crippen LogP contribution >= 0.6 is 0 Å². The maximum absolute atomic E-state index is 14.9. The number of benzene rings is 4. The van der Waals surface area contributed by atoms with Gasteiger partial charge in [-0.1, -0.05) is 29.4 Å². The normalized spacial score (nSPS) is 13.4. The SMILES string of the molecule is Cc1noc(C)c1-c1ccc(S(=O)(=O)NC(=O)c2ccc(CN3C(=O)C(c4ccc(F)cc4F)=C(c4ccc(F)cc4F)C3=O)cc2)cc1. The molecule has 5 aromatic rings. The van der Waals surface area contributed by atoms with Crippen LogP contribution in [0.25, 0.3) is 22.3 Å². The van der Waals surface area contributed by atoms with Crippen LogP contribution in [0, 0.1) is 37.1 Å². The van der Waals surface area contributed by atoms with Crippen molar-refractivity contribution in [1.29, 1.82) is 0 Å². The summed E-state index contributed by atoms with van der Waals surface area (Å²) in [6.07, 6.45) is 0. The second kappa shape index (κ2) is 12.6. The number of hydrogen-bond donors (Lipinski definition) is 1. The highest BCUT2D eigenvalue weighted by Gasteiger charge is 2.41. The number of amides is 3. The Morgan fingerprint density at radius 3 is 1.78 bits per heavy atom. The second-order valence-corrected chi connectivity index (χ2v) is 12.7. The maximum atomic E-state index is 14.9. The molecule has 1 aliphatic heterocycles. The van der Waals surface area contributed by atoms with Crippen molar-refractivity contribution in [3.05, 3.63) is 142 Å². The van der Waals surface area contributed by atoms with E-state index in [9.17, 15) is 40.4 Å². The van der Waals surface area contributed by atoms with Gasteiger partial charge in [0, 0.05) is 34.4 Å². The van der Waals surface area contributed by atoms with Crippen molar-refractivity contribution in [2.75, 3.05) is 0 Å². The number of halogens is 4. The highest BCUT2D eigenvalue weighted by molar-refractivity contribution is 7.90. The largest absolute Gasteiger partial charge is 0.361 e. The van der Waals surface area contributed by atoms with E-state index in [1.165, 1.54) is 36.4 Å². The Kier molecular flexibility index (Phi) is 8.50. The number of nitrogens with zero attached hydrogens (tertiary/aromatic N) is 2. The third-order valence-electron chi connectivity index (χ3n) is 7.84. The summed E-state index contributed by atoms with van der Waals surface area (Å²) < 4.78 is 90.1. The first kappa shape index (κ1) is 33.0. The summed E-state index contributed by atoms with van der Waals surface area (Å²) in [7, 11) is -4.28. The molecule has 49 heavy (non-hydrogen) atoms. The van der Waals surface area contributed by atoms with Gasteiger partial charge in [-0.3, -0.25) is 19.3 Å². The first-order valence-electron chi connectivity index (χ1n) is 14.5. The lowest BCUT2D eigenvalue weighted by molar-refractivity contribution is -0.136. The number of carbonyl (C=O) groups excluding carboxylic acids is 3. The molecule has 6 rings (SSSR count). The van der Waals surface area contributed by atoms with E-state index in [4.69, 9.17) is 4.52 Å². The molecule has 2 heterocycles. The molecule has 1 aliphatic rings. The van der Waals surface area contributed by atoms with E-state index < -0.39 is 79.8 Å². The summed E-state index contributed by atoms with van der Waals surface area (Å²) in [6, 6.07) is 15.6. The van der Waals surface area contributed by atoms with Crippen molar-refractivity contribution in [1.82, 2.24) is 14.8 Å². The van der Waals surface area contributed by atoms with Gasteiger partial charge in [0.2, 0.25) is 0 Å². The Labute approximate surface area is 276 Å². The molecule has 9 nitrogen and oxygen atoms in total. The summed E-state index contributed by atoms with van der Waals surface area (Å²) in [5.41, 5.74) is 0.216. The molecule has 0 saturated carbocycles. The summed E-state index contributed by atoms with van der Waals surface area (Å²) in [5, 5.41) is 3.88. The Bertz CT molecular complexity index is 2230. The van der Waals surface area contributed by atoms with Crippen LogP contribution in [0.3, 0.4) is 0 Å². The first-order valence-corrected chi connectivity index (χ1v) is 15.9. The van der Waals surface area contributed by atoms with Gasteiger partial charge in [-0.2, -0.15) is 0 Å². The zero-order chi connectivity index (χ0) is 35.2. The fourth-order valence-corrected chi connectivity index (χ4v) is 6.46. The minimum absolute atomic E-state index is 0.0694. The van der Waals surface area contributed by atoms with Crippen molar-refractivity contribution in [2.45, 2.75) is 25.3 Å². The monoisotopic (exact) mass is 689 g/mol. The molecule has 0 unspecified atom stereocenters. The van der Waals surface area contributed by atoms with Gasteiger partial charge < -0.3 is 4.52 Å². The number of aromatic nitrogens is 1. The second-order valence-electron chi connectivity index (χ2n) is 11.0. The molecule has 0 spiro atoms. The fraction of sp³-hybridized carbons (Fsp3) is 0.0857. The fourth-order valence-electron chi connectivity index (χ4n) is 5.48. The third kappa shape index (κ3) is 6.25. The molecule has 3 amide bonds.